The minimum absolute atomic E-state index is 0. The Kier molecular flexibility index (Phi) is 7.03. The first kappa shape index (κ1) is 22.2. The quantitative estimate of drug-likeness (QED) is 0.471. The van der Waals surface area contributed by atoms with E-state index in [4.69, 9.17) is 4.74 Å². The average Bonchev–Trinajstić information content (AvgIpc) is 3.31. The van der Waals surface area contributed by atoms with Gasteiger partial charge in [0.05, 0.1) is 12.6 Å². The topological polar surface area (TPSA) is 34.5 Å². The van der Waals surface area contributed by atoms with Gasteiger partial charge in [-0.15, -0.1) is 12.4 Å². The Balaban J connectivity index is 0.00000256. The van der Waals surface area contributed by atoms with Crippen molar-refractivity contribution in [3.8, 4) is 5.75 Å². The van der Waals surface area contributed by atoms with Gasteiger partial charge < -0.3 is 9.75 Å². The van der Waals surface area contributed by atoms with Crippen LogP contribution in [0.4, 0.5) is 4.39 Å². The van der Waals surface area contributed by atoms with Gasteiger partial charge in [0, 0.05) is 36.2 Å². The molecule has 4 nitrogen and oxygen atoms in total. The number of ether oxygens (including phenoxy) is 1. The monoisotopic (exact) mass is 430 g/mol. The molecule has 2 heterocycles. The van der Waals surface area contributed by atoms with E-state index in [-0.39, 0.29) is 24.0 Å². The minimum Gasteiger partial charge on any atom is -0.497 e. The molecule has 1 aliphatic rings. The Labute approximate surface area is 183 Å². The van der Waals surface area contributed by atoms with Crippen LogP contribution in [0.3, 0.4) is 0 Å². The molecule has 0 N–H and O–H groups in total. The first-order valence-corrected chi connectivity index (χ1v) is 10.3. The lowest BCUT2D eigenvalue weighted by molar-refractivity contribution is 0.0964. The molecule has 1 saturated heterocycles. The number of aromatic nitrogens is 1. The lowest BCUT2D eigenvalue weighted by atomic mass is 9.98. The maximum absolute atomic E-state index is 13.1. The van der Waals surface area contributed by atoms with E-state index in [2.05, 4.69) is 34.8 Å². The highest BCUT2D eigenvalue weighted by molar-refractivity contribution is 5.96. The van der Waals surface area contributed by atoms with Crippen molar-refractivity contribution in [2.75, 3.05) is 25.2 Å². The van der Waals surface area contributed by atoms with Gasteiger partial charge >= 0.3 is 0 Å². The van der Waals surface area contributed by atoms with Crippen LogP contribution in [0.1, 0.15) is 42.2 Å². The van der Waals surface area contributed by atoms with Crippen molar-refractivity contribution in [1.82, 2.24) is 4.68 Å². The molecule has 0 radical (unpaired) electrons. The summed E-state index contributed by atoms with van der Waals surface area (Å²) in [5.74, 6) is 0.945. The maximum Gasteiger partial charge on any atom is 0.163 e. The third-order valence-electron chi connectivity index (χ3n) is 5.75. The number of Topliss-reactive ketones (excluding diaryl/α,β-unsaturated/α-hetero) is 1. The largest absolute Gasteiger partial charge is 0.497 e. The van der Waals surface area contributed by atoms with Crippen LogP contribution >= 0.6 is 12.4 Å². The zero-order valence-electron chi connectivity index (χ0n) is 17.4. The van der Waals surface area contributed by atoms with Crippen molar-refractivity contribution in [3.05, 3.63) is 65.6 Å². The molecule has 0 spiro atoms. The molecule has 1 aliphatic heterocycles. The number of halogens is 2. The van der Waals surface area contributed by atoms with Gasteiger partial charge in [-0.2, -0.15) is 0 Å². The number of carbonyl (C=O) groups is 1. The van der Waals surface area contributed by atoms with Gasteiger partial charge in [0.25, 0.3) is 0 Å². The van der Waals surface area contributed by atoms with Crippen LogP contribution in [0.25, 0.3) is 10.9 Å². The van der Waals surface area contributed by atoms with Crippen LogP contribution in [0.2, 0.25) is 0 Å². The summed E-state index contributed by atoms with van der Waals surface area (Å²) >= 11 is 0. The second-order valence-corrected chi connectivity index (χ2v) is 7.82. The highest BCUT2D eigenvalue weighted by atomic mass is 35.5. The molecule has 3 aromatic rings. The number of fused-ring (bicyclic) bond motifs is 1. The molecule has 1 aromatic heterocycles. The van der Waals surface area contributed by atoms with Gasteiger partial charge in [-0.1, -0.05) is 13.3 Å². The molecule has 0 amide bonds. The Bertz CT molecular complexity index is 1020. The number of hydrogen-bond donors (Lipinski definition) is 0. The molecule has 0 bridgehead atoms. The Hall–Kier alpha value is -2.53. The minimum atomic E-state index is -0.312. The number of benzene rings is 2. The molecule has 1 unspecified atom stereocenters. The van der Waals surface area contributed by atoms with E-state index >= 15 is 0 Å². The molecule has 1 fully saturated rings. The number of methoxy groups -OCH3 is 1. The SMILES string of the molecule is CCCc1cc2cc(OC)ccc2n1N1CCC(CC(=O)c2ccc(F)cc2)C1.Cl. The molecule has 30 heavy (non-hydrogen) atoms. The van der Waals surface area contributed by atoms with E-state index in [0.29, 0.717) is 17.9 Å². The van der Waals surface area contributed by atoms with Crippen LogP contribution in [-0.4, -0.2) is 30.7 Å². The van der Waals surface area contributed by atoms with Crippen LogP contribution in [-0.2, 0) is 6.42 Å². The van der Waals surface area contributed by atoms with E-state index in [1.807, 2.05) is 6.07 Å². The first-order chi connectivity index (χ1) is 14.1. The standard InChI is InChI=1S/C24H27FN2O2.ClH/c1-3-4-21-14-19-15-22(29-2)9-10-23(19)27(21)26-12-11-17(16-26)13-24(28)18-5-7-20(25)8-6-18;/h5-10,14-15,17H,3-4,11-13,16H2,1-2H3;1H. The smallest absolute Gasteiger partial charge is 0.163 e. The molecule has 2 aromatic carbocycles. The van der Waals surface area contributed by atoms with Crippen molar-refractivity contribution in [3.63, 3.8) is 0 Å². The third kappa shape index (κ3) is 4.46. The number of ketones is 1. The van der Waals surface area contributed by atoms with Crippen molar-refractivity contribution < 1.29 is 13.9 Å². The molecular weight excluding hydrogens is 403 g/mol. The second kappa shape index (κ2) is 9.52. The number of nitrogens with zero attached hydrogens (tertiary/aromatic N) is 2. The second-order valence-electron chi connectivity index (χ2n) is 7.82. The van der Waals surface area contributed by atoms with Crippen LogP contribution in [0, 0.1) is 11.7 Å². The fraction of sp³-hybridized carbons (Fsp3) is 0.375. The summed E-state index contributed by atoms with van der Waals surface area (Å²) in [6.07, 6.45) is 3.56. The lowest BCUT2D eigenvalue weighted by Crippen LogP contribution is -2.33. The number of carbonyl (C=O) groups excluding carboxylic acids is 1. The Morgan fingerprint density at radius 1 is 1.17 bits per heavy atom. The summed E-state index contributed by atoms with van der Waals surface area (Å²) in [6.45, 7) is 3.96. The molecular formula is C24H28ClFN2O2. The average molecular weight is 431 g/mol. The van der Waals surface area contributed by atoms with E-state index in [0.717, 1.165) is 38.1 Å². The van der Waals surface area contributed by atoms with E-state index in [1.165, 1.54) is 28.7 Å². The predicted octanol–water partition coefficient (Wildman–Crippen LogP) is 5.39. The number of rotatable bonds is 7. The highest BCUT2D eigenvalue weighted by Gasteiger charge is 2.27. The molecule has 1 atom stereocenters. The van der Waals surface area contributed by atoms with Gasteiger partial charge in [0.2, 0.25) is 0 Å². The van der Waals surface area contributed by atoms with Crippen LogP contribution < -0.4 is 9.75 Å². The summed E-state index contributed by atoms with van der Waals surface area (Å²) < 4.78 is 20.8. The summed E-state index contributed by atoms with van der Waals surface area (Å²) in [4.78, 5) is 12.6. The summed E-state index contributed by atoms with van der Waals surface area (Å²) in [5, 5.41) is 3.54. The van der Waals surface area contributed by atoms with Gasteiger partial charge in [0.15, 0.2) is 5.78 Å². The lowest BCUT2D eigenvalue weighted by Gasteiger charge is -2.24. The van der Waals surface area contributed by atoms with Crippen LogP contribution in [0.5, 0.6) is 5.75 Å². The molecule has 4 rings (SSSR count). The van der Waals surface area contributed by atoms with E-state index in [9.17, 15) is 9.18 Å². The zero-order chi connectivity index (χ0) is 20.4. The fourth-order valence-electron chi connectivity index (χ4n) is 4.31. The normalized spacial score (nSPS) is 16.0. The Morgan fingerprint density at radius 2 is 1.93 bits per heavy atom. The number of aryl methyl sites for hydroxylation is 1. The first-order valence-electron chi connectivity index (χ1n) is 10.3. The van der Waals surface area contributed by atoms with Gasteiger partial charge in [-0.05, 0) is 67.3 Å². The van der Waals surface area contributed by atoms with E-state index in [1.54, 1.807) is 19.2 Å². The molecule has 160 valence electrons. The van der Waals surface area contributed by atoms with Crippen molar-refractivity contribution in [2.24, 2.45) is 5.92 Å². The van der Waals surface area contributed by atoms with Gasteiger partial charge in [-0.3, -0.25) is 9.47 Å². The summed E-state index contributed by atoms with van der Waals surface area (Å²) in [7, 11) is 1.69. The Morgan fingerprint density at radius 3 is 2.63 bits per heavy atom. The molecule has 0 saturated carbocycles. The summed E-state index contributed by atoms with van der Waals surface area (Å²) in [5.41, 5.74) is 3.07. The van der Waals surface area contributed by atoms with Crippen molar-refractivity contribution in [2.45, 2.75) is 32.6 Å². The van der Waals surface area contributed by atoms with E-state index < -0.39 is 0 Å². The number of hydrogen-bond acceptors (Lipinski definition) is 3. The van der Waals surface area contributed by atoms with Crippen LogP contribution in [0.15, 0.2) is 48.5 Å². The van der Waals surface area contributed by atoms with Gasteiger partial charge in [-0.25, -0.2) is 4.39 Å². The zero-order valence-corrected chi connectivity index (χ0v) is 18.3. The fourth-order valence-corrected chi connectivity index (χ4v) is 4.31. The predicted molar refractivity (Wildman–Crippen MR) is 121 cm³/mol. The molecule has 6 heteroatoms. The maximum atomic E-state index is 13.1. The summed E-state index contributed by atoms with van der Waals surface area (Å²) in [6, 6.07) is 14.3. The molecule has 0 aliphatic carbocycles. The third-order valence-corrected chi connectivity index (χ3v) is 5.75. The van der Waals surface area contributed by atoms with Crippen molar-refractivity contribution >= 4 is 29.1 Å². The highest BCUT2D eigenvalue weighted by Crippen LogP contribution is 2.29. The van der Waals surface area contributed by atoms with Gasteiger partial charge in [0.1, 0.15) is 11.6 Å². The van der Waals surface area contributed by atoms with Crippen molar-refractivity contribution in [1.29, 1.82) is 0 Å².